The SMILES string of the molecule is COc1ccc2c(C)cc(C(C)(C)C(=O)O)nc2c1. The molecule has 0 radical (unpaired) electrons. The summed E-state index contributed by atoms with van der Waals surface area (Å²) in [5.41, 5.74) is 1.31. The highest BCUT2D eigenvalue weighted by Crippen LogP contribution is 2.28. The van der Waals surface area contributed by atoms with Gasteiger partial charge in [0.1, 0.15) is 11.2 Å². The van der Waals surface area contributed by atoms with E-state index in [2.05, 4.69) is 4.98 Å². The molecule has 1 N–H and O–H groups in total. The van der Waals surface area contributed by atoms with Gasteiger partial charge >= 0.3 is 5.97 Å². The maximum atomic E-state index is 11.3. The first-order chi connectivity index (χ1) is 8.86. The molecule has 0 atom stereocenters. The molecule has 0 aliphatic heterocycles. The monoisotopic (exact) mass is 259 g/mol. The summed E-state index contributed by atoms with van der Waals surface area (Å²) in [6.07, 6.45) is 0. The van der Waals surface area contributed by atoms with Gasteiger partial charge in [0.15, 0.2) is 0 Å². The van der Waals surface area contributed by atoms with Gasteiger partial charge in [-0.25, -0.2) is 0 Å². The minimum atomic E-state index is -1.01. The second-order valence-corrected chi connectivity index (χ2v) is 5.14. The van der Waals surface area contributed by atoms with E-state index in [0.29, 0.717) is 11.4 Å². The molecule has 0 saturated heterocycles. The van der Waals surface area contributed by atoms with Crippen molar-refractivity contribution in [3.8, 4) is 5.75 Å². The van der Waals surface area contributed by atoms with Gasteiger partial charge in [0.05, 0.1) is 18.3 Å². The Morgan fingerprint density at radius 3 is 2.58 bits per heavy atom. The number of rotatable bonds is 3. The number of ether oxygens (including phenoxy) is 1. The first kappa shape index (κ1) is 13.3. The van der Waals surface area contributed by atoms with Crippen LogP contribution in [0.15, 0.2) is 24.3 Å². The molecule has 0 aliphatic rings. The maximum Gasteiger partial charge on any atom is 0.315 e. The summed E-state index contributed by atoms with van der Waals surface area (Å²) < 4.78 is 5.18. The number of carbonyl (C=O) groups is 1. The van der Waals surface area contributed by atoms with Gasteiger partial charge in [0, 0.05) is 11.5 Å². The zero-order valence-corrected chi connectivity index (χ0v) is 11.5. The molecule has 0 amide bonds. The van der Waals surface area contributed by atoms with Crippen molar-refractivity contribution in [1.29, 1.82) is 0 Å². The van der Waals surface area contributed by atoms with Gasteiger partial charge in [0.25, 0.3) is 0 Å². The van der Waals surface area contributed by atoms with E-state index in [1.54, 1.807) is 21.0 Å². The summed E-state index contributed by atoms with van der Waals surface area (Å²) in [5, 5.41) is 10.3. The minimum Gasteiger partial charge on any atom is -0.497 e. The van der Waals surface area contributed by atoms with Gasteiger partial charge in [-0.05, 0) is 44.5 Å². The average Bonchev–Trinajstić information content (AvgIpc) is 2.37. The molecule has 0 spiro atoms. The van der Waals surface area contributed by atoms with Crippen LogP contribution in [0.25, 0.3) is 10.9 Å². The topological polar surface area (TPSA) is 59.4 Å². The number of nitrogens with zero attached hydrogens (tertiary/aromatic N) is 1. The number of hydrogen-bond acceptors (Lipinski definition) is 3. The molecule has 2 aromatic rings. The third-order valence-electron chi connectivity index (χ3n) is 3.40. The second-order valence-electron chi connectivity index (χ2n) is 5.14. The number of fused-ring (bicyclic) bond motifs is 1. The van der Waals surface area contributed by atoms with E-state index in [-0.39, 0.29) is 0 Å². The Bertz CT molecular complexity index is 647. The van der Waals surface area contributed by atoms with Crippen molar-refractivity contribution >= 4 is 16.9 Å². The summed E-state index contributed by atoms with van der Waals surface area (Å²) in [6.45, 7) is 5.27. The fourth-order valence-electron chi connectivity index (χ4n) is 1.94. The number of carboxylic acids is 1. The third kappa shape index (κ3) is 2.26. The van der Waals surface area contributed by atoms with Gasteiger partial charge in [0.2, 0.25) is 0 Å². The molecule has 4 heteroatoms. The second kappa shape index (κ2) is 4.53. The van der Waals surface area contributed by atoms with E-state index in [4.69, 9.17) is 4.74 Å². The van der Waals surface area contributed by atoms with Crippen LogP contribution in [0.1, 0.15) is 25.1 Å². The maximum absolute atomic E-state index is 11.3. The predicted octanol–water partition coefficient (Wildman–Crippen LogP) is 2.91. The largest absolute Gasteiger partial charge is 0.497 e. The number of aromatic nitrogens is 1. The molecule has 1 aromatic heterocycles. The fourth-order valence-corrected chi connectivity index (χ4v) is 1.94. The van der Waals surface area contributed by atoms with Crippen LogP contribution in [-0.2, 0) is 10.2 Å². The summed E-state index contributed by atoms with van der Waals surface area (Å²) in [6, 6.07) is 7.47. The standard InChI is InChI=1S/C15H17NO3/c1-9-7-13(15(2,3)14(17)18)16-12-8-10(19-4)5-6-11(9)12/h5-8H,1-4H3,(H,17,18). The Morgan fingerprint density at radius 1 is 1.32 bits per heavy atom. The van der Waals surface area contributed by atoms with E-state index in [1.165, 1.54) is 0 Å². The average molecular weight is 259 g/mol. The minimum absolute atomic E-state index is 0.554. The predicted molar refractivity (Wildman–Crippen MR) is 73.7 cm³/mol. The molecule has 0 fully saturated rings. The van der Waals surface area contributed by atoms with Gasteiger partial charge in [-0.3, -0.25) is 9.78 Å². The molecule has 2 rings (SSSR count). The molecule has 0 saturated carbocycles. The highest BCUT2D eigenvalue weighted by molar-refractivity contribution is 5.86. The van der Waals surface area contributed by atoms with Crippen molar-refractivity contribution < 1.29 is 14.6 Å². The van der Waals surface area contributed by atoms with Gasteiger partial charge in [-0.1, -0.05) is 0 Å². The Labute approximate surface area is 112 Å². The van der Waals surface area contributed by atoms with Gasteiger partial charge < -0.3 is 9.84 Å². The molecular weight excluding hydrogens is 242 g/mol. The van der Waals surface area contributed by atoms with Gasteiger partial charge in [-0.15, -0.1) is 0 Å². The molecule has 0 aliphatic carbocycles. The molecule has 0 unspecified atom stereocenters. The van der Waals surface area contributed by atoms with Crippen LogP contribution in [0, 0.1) is 6.92 Å². The van der Waals surface area contributed by atoms with Gasteiger partial charge in [-0.2, -0.15) is 0 Å². The first-order valence-corrected chi connectivity index (χ1v) is 6.05. The molecule has 4 nitrogen and oxygen atoms in total. The number of pyridine rings is 1. The lowest BCUT2D eigenvalue weighted by atomic mass is 9.87. The Morgan fingerprint density at radius 2 is 2.00 bits per heavy atom. The highest BCUT2D eigenvalue weighted by Gasteiger charge is 2.31. The summed E-state index contributed by atoms with van der Waals surface area (Å²) in [7, 11) is 1.60. The van der Waals surface area contributed by atoms with Crippen LogP contribution >= 0.6 is 0 Å². The number of aryl methyl sites for hydroxylation is 1. The van der Waals surface area contributed by atoms with E-state index in [0.717, 1.165) is 16.5 Å². The van der Waals surface area contributed by atoms with Crippen LogP contribution in [0.4, 0.5) is 0 Å². The molecule has 100 valence electrons. The quantitative estimate of drug-likeness (QED) is 0.920. The van der Waals surface area contributed by atoms with Crippen molar-refractivity contribution in [2.45, 2.75) is 26.2 Å². The molecule has 0 bridgehead atoms. The molecular formula is C15H17NO3. The Balaban J connectivity index is 2.69. The molecule has 1 heterocycles. The van der Waals surface area contributed by atoms with Crippen LogP contribution in [-0.4, -0.2) is 23.2 Å². The van der Waals surface area contributed by atoms with Crippen molar-refractivity contribution in [2.24, 2.45) is 0 Å². The first-order valence-electron chi connectivity index (χ1n) is 6.05. The van der Waals surface area contributed by atoms with Crippen LogP contribution in [0.3, 0.4) is 0 Å². The van der Waals surface area contributed by atoms with Crippen molar-refractivity contribution in [3.05, 3.63) is 35.5 Å². The summed E-state index contributed by atoms with van der Waals surface area (Å²) in [4.78, 5) is 15.8. The lowest BCUT2D eigenvalue weighted by Crippen LogP contribution is -2.29. The lowest BCUT2D eigenvalue weighted by molar-refractivity contribution is -0.142. The Kier molecular flexibility index (Phi) is 3.18. The number of benzene rings is 1. The zero-order chi connectivity index (χ0) is 14.2. The number of carboxylic acid groups (broad SMARTS) is 1. The zero-order valence-electron chi connectivity index (χ0n) is 11.5. The smallest absolute Gasteiger partial charge is 0.315 e. The number of hydrogen-bond donors (Lipinski definition) is 1. The van der Waals surface area contributed by atoms with E-state index in [9.17, 15) is 9.90 Å². The van der Waals surface area contributed by atoms with Crippen molar-refractivity contribution in [3.63, 3.8) is 0 Å². The van der Waals surface area contributed by atoms with E-state index in [1.807, 2.05) is 31.2 Å². The fraction of sp³-hybridized carbons (Fsp3) is 0.333. The van der Waals surface area contributed by atoms with E-state index < -0.39 is 11.4 Å². The van der Waals surface area contributed by atoms with Crippen molar-refractivity contribution in [2.75, 3.05) is 7.11 Å². The molecule has 1 aromatic carbocycles. The third-order valence-corrected chi connectivity index (χ3v) is 3.40. The molecule has 19 heavy (non-hydrogen) atoms. The Hall–Kier alpha value is -2.10. The number of aliphatic carboxylic acids is 1. The number of methoxy groups -OCH3 is 1. The van der Waals surface area contributed by atoms with Crippen molar-refractivity contribution in [1.82, 2.24) is 4.98 Å². The van der Waals surface area contributed by atoms with Crippen LogP contribution in [0.2, 0.25) is 0 Å². The highest BCUT2D eigenvalue weighted by atomic mass is 16.5. The van der Waals surface area contributed by atoms with Crippen LogP contribution in [0.5, 0.6) is 5.75 Å². The van der Waals surface area contributed by atoms with E-state index >= 15 is 0 Å². The lowest BCUT2D eigenvalue weighted by Gasteiger charge is -2.20. The summed E-state index contributed by atoms with van der Waals surface area (Å²) >= 11 is 0. The summed E-state index contributed by atoms with van der Waals surface area (Å²) in [5.74, 6) is -0.175. The van der Waals surface area contributed by atoms with Crippen LogP contribution < -0.4 is 4.74 Å². The normalized spacial score (nSPS) is 11.6.